The van der Waals surface area contributed by atoms with Crippen LogP contribution in [0.1, 0.15) is 39.0 Å². The zero-order valence-corrected chi connectivity index (χ0v) is 21.1. The number of aromatic amines is 1. The molecule has 0 aromatic carbocycles. The van der Waals surface area contributed by atoms with E-state index in [-0.39, 0.29) is 58.2 Å². The summed E-state index contributed by atoms with van der Waals surface area (Å²) in [5.74, 6) is 0.855. The van der Waals surface area contributed by atoms with E-state index in [2.05, 4.69) is 43.4 Å². The minimum Gasteiger partial charge on any atom is -0.339 e. The molecule has 5 heterocycles. The smallest absolute Gasteiger partial charge is 0.339 e. The maximum Gasteiger partial charge on any atom is 1.00 e. The number of nitrogens with zero attached hydrogens (tertiary/aromatic N) is 4. The summed E-state index contributed by atoms with van der Waals surface area (Å²) in [5.41, 5.74) is 0.583. The normalized spacial score (nSPS) is 33.4. The predicted octanol–water partition coefficient (Wildman–Crippen LogP) is -1.07. The first-order valence-electron chi connectivity index (χ1n) is 9.11. The number of hydrogen-bond acceptors (Lipinski definition) is 6. The van der Waals surface area contributed by atoms with Crippen LogP contribution in [0.3, 0.4) is 0 Å². The van der Waals surface area contributed by atoms with E-state index in [1.807, 2.05) is 0 Å². The van der Waals surface area contributed by atoms with Gasteiger partial charge in [-0.25, -0.2) is 9.97 Å². The van der Waals surface area contributed by atoms with Gasteiger partial charge in [-0.3, -0.25) is 0 Å². The van der Waals surface area contributed by atoms with Crippen molar-refractivity contribution in [3.05, 3.63) is 17.5 Å². The molecule has 5 rings (SSSR count). The van der Waals surface area contributed by atoms with Crippen LogP contribution in [0.2, 0.25) is 0 Å². The average Bonchev–Trinajstić information content (AvgIpc) is 3.21. The van der Waals surface area contributed by atoms with Crippen molar-refractivity contribution in [1.29, 1.82) is 0 Å². The molecule has 0 aliphatic carbocycles. The van der Waals surface area contributed by atoms with Gasteiger partial charge in [0.1, 0.15) is 6.33 Å². The fourth-order valence-electron chi connectivity index (χ4n) is 4.58. The molecule has 4 aliphatic heterocycles. The SMILES string of the molecule is CC12C[CH-]CN1CCC2.S=c1ncnc(N2C[C@H]3CC[C@@H](C2)N3)[nH]1.[Rb+]. The number of rotatable bonds is 1. The first kappa shape index (κ1) is 20.5. The van der Waals surface area contributed by atoms with Crippen molar-refractivity contribution in [2.24, 2.45) is 0 Å². The van der Waals surface area contributed by atoms with Gasteiger partial charge in [-0.05, 0) is 56.9 Å². The maximum absolute atomic E-state index is 4.99. The van der Waals surface area contributed by atoms with E-state index in [0.29, 0.717) is 22.4 Å². The molecule has 1 aromatic heterocycles. The summed E-state index contributed by atoms with van der Waals surface area (Å²) in [6.45, 7) is 7.00. The van der Waals surface area contributed by atoms with E-state index >= 15 is 0 Å². The van der Waals surface area contributed by atoms with E-state index in [9.17, 15) is 0 Å². The number of anilines is 1. The fraction of sp³-hybridized carbons (Fsp3) is 0.765. The molecule has 0 saturated carbocycles. The minimum absolute atomic E-state index is 0. The molecular weight excluding hydrogens is 406 g/mol. The van der Waals surface area contributed by atoms with E-state index in [4.69, 9.17) is 12.2 Å². The van der Waals surface area contributed by atoms with E-state index in [1.54, 1.807) is 0 Å². The fourth-order valence-corrected chi connectivity index (χ4v) is 4.72. The summed E-state index contributed by atoms with van der Waals surface area (Å²) < 4.78 is 0.505. The van der Waals surface area contributed by atoms with Crippen LogP contribution < -0.4 is 68.4 Å². The van der Waals surface area contributed by atoms with Gasteiger partial charge in [-0.1, -0.05) is 0 Å². The van der Waals surface area contributed by atoms with Crippen molar-refractivity contribution in [1.82, 2.24) is 25.2 Å². The summed E-state index contributed by atoms with van der Waals surface area (Å²) >= 11 is 4.99. The second kappa shape index (κ2) is 8.84. The third-order valence-corrected chi connectivity index (χ3v) is 6.14. The van der Waals surface area contributed by atoms with E-state index < -0.39 is 0 Å². The Labute approximate surface area is 204 Å². The molecule has 132 valence electrons. The van der Waals surface area contributed by atoms with Crippen molar-refractivity contribution in [3.63, 3.8) is 0 Å². The van der Waals surface area contributed by atoms with Gasteiger partial charge in [0.15, 0.2) is 0 Å². The molecule has 0 spiro atoms. The summed E-state index contributed by atoms with van der Waals surface area (Å²) in [5, 5.41) is 3.58. The van der Waals surface area contributed by atoms with Crippen molar-refractivity contribution in [3.8, 4) is 0 Å². The van der Waals surface area contributed by atoms with Gasteiger partial charge in [-0.15, -0.1) is 6.54 Å². The van der Waals surface area contributed by atoms with Gasteiger partial charge in [0.2, 0.25) is 10.7 Å². The van der Waals surface area contributed by atoms with Crippen LogP contribution in [0.4, 0.5) is 5.95 Å². The van der Waals surface area contributed by atoms with Crippen LogP contribution in [0.25, 0.3) is 0 Å². The molecule has 3 atom stereocenters. The van der Waals surface area contributed by atoms with Gasteiger partial charge in [0, 0.05) is 25.2 Å². The Bertz CT molecular complexity index is 616. The predicted molar refractivity (Wildman–Crippen MR) is 97.5 cm³/mol. The van der Waals surface area contributed by atoms with Crippen LogP contribution in [0.5, 0.6) is 0 Å². The standard InChI is InChI=1S/C9H13N5S.C8H14N.Rb/c15-9-11-5-10-8(13-9)14-3-6-1-2-7(4-14)12-6;1-8-4-2-6-9(8)7-3-5-8;/h5-7,12H,1-4H2,(H,10,11,13,15);2H,3-7H2,1H3;/q;-1;+1/t6-,7+;;. The van der Waals surface area contributed by atoms with Crippen LogP contribution >= 0.6 is 12.2 Å². The van der Waals surface area contributed by atoms with Gasteiger partial charge >= 0.3 is 58.2 Å². The Morgan fingerprint density at radius 1 is 1.28 bits per heavy atom. The zero-order valence-electron chi connectivity index (χ0n) is 15.4. The molecule has 2 N–H and O–H groups in total. The summed E-state index contributed by atoms with van der Waals surface area (Å²) in [6, 6.07) is 1.22. The van der Waals surface area contributed by atoms with Gasteiger partial charge in [0.25, 0.3) is 0 Å². The zero-order chi connectivity index (χ0) is 16.6. The molecule has 1 aromatic rings. The topological polar surface area (TPSA) is 60.1 Å². The Hall–Kier alpha value is 0.755. The maximum atomic E-state index is 4.99. The number of piperazine rings is 1. The summed E-state index contributed by atoms with van der Waals surface area (Å²) in [7, 11) is 0. The molecule has 4 fully saturated rings. The Kier molecular flexibility index (Phi) is 7.24. The van der Waals surface area contributed by atoms with Crippen molar-refractivity contribution >= 4 is 18.2 Å². The van der Waals surface area contributed by atoms with Crippen LogP contribution in [0, 0.1) is 11.2 Å². The molecule has 0 radical (unpaired) electrons. The Balaban J connectivity index is 0.000000157. The van der Waals surface area contributed by atoms with Gasteiger partial charge < -0.3 is 26.5 Å². The third-order valence-electron chi connectivity index (χ3n) is 5.93. The first-order chi connectivity index (χ1) is 11.6. The van der Waals surface area contributed by atoms with Gasteiger partial charge in [-0.2, -0.15) is 6.42 Å². The Morgan fingerprint density at radius 3 is 2.72 bits per heavy atom. The van der Waals surface area contributed by atoms with Gasteiger partial charge in [0.05, 0.1) is 0 Å². The van der Waals surface area contributed by atoms with E-state index in [1.165, 1.54) is 51.5 Å². The number of nitrogens with one attached hydrogen (secondary N) is 2. The van der Waals surface area contributed by atoms with Crippen LogP contribution in [-0.4, -0.2) is 63.7 Å². The molecule has 25 heavy (non-hydrogen) atoms. The van der Waals surface area contributed by atoms with Crippen molar-refractivity contribution < 1.29 is 58.2 Å². The monoisotopic (exact) mass is 432 g/mol. The third kappa shape index (κ3) is 4.79. The van der Waals surface area contributed by atoms with Crippen molar-refractivity contribution in [2.75, 3.05) is 31.1 Å². The Morgan fingerprint density at radius 2 is 2.04 bits per heavy atom. The number of hydrogen-bond donors (Lipinski definition) is 2. The molecular formula is C17H27N6RbS. The number of aromatic nitrogens is 3. The van der Waals surface area contributed by atoms with Crippen LogP contribution in [-0.2, 0) is 0 Å². The molecule has 6 nitrogen and oxygen atoms in total. The molecule has 2 bridgehead atoms. The molecule has 1 unspecified atom stereocenters. The second-order valence-electron chi connectivity index (χ2n) is 7.71. The largest absolute Gasteiger partial charge is 1.00 e. The molecule has 8 heteroatoms. The number of fused-ring (bicyclic) bond motifs is 3. The quantitative estimate of drug-likeness (QED) is 0.435. The van der Waals surface area contributed by atoms with Crippen LogP contribution in [0.15, 0.2) is 6.33 Å². The first-order valence-corrected chi connectivity index (χ1v) is 9.52. The second-order valence-corrected chi connectivity index (χ2v) is 8.10. The summed E-state index contributed by atoms with van der Waals surface area (Å²) in [6.07, 6.45) is 10.7. The molecule has 4 saturated heterocycles. The molecule has 0 amide bonds. The summed E-state index contributed by atoms with van der Waals surface area (Å²) in [4.78, 5) is 16.0. The van der Waals surface area contributed by atoms with E-state index in [0.717, 1.165) is 19.0 Å². The average molecular weight is 433 g/mol. The molecule has 4 aliphatic rings. The number of H-pyrrole nitrogens is 1. The van der Waals surface area contributed by atoms with Crippen molar-refractivity contribution in [2.45, 2.75) is 56.7 Å². The minimum atomic E-state index is 0.